The number of imide groups is 1. The van der Waals surface area contributed by atoms with Crippen molar-refractivity contribution in [3.63, 3.8) is 0 Å². The molecule has 5 aromatic rings. The molecule has 0 spiro atoms. The van der Waals surface area contributed by atoms with E-state index in [-0.39, 0.29) is 22.4 Å². The van der Waals surface area contributed by atoms with Crippen LogP contribution in [-0.4, -0.2) is 179 Å². The lowest BCUT2D eigenvalue weighted by Crippen LogP contribution is -2.72. The van der Waals surface area contributed by atoms with Crippen LogP contribution in [0.3, 0.4) is 0 Å². The van der Waals surface area contributed by atoms with Gasteiger partial charge in [0.2, 0.25) is 6.29 Å². The van der Waals surface area contributed by atoms with Gasteiger partial charge in [-0.05, 0) is 70.9 Å². The molecular weight excluding hydrogens is 1240 g/mol. The fourth-order valence-electron chi connectivity index (χ4n) is 12.2. The van der Waals surface area contributed by atoms with E-state index in [1.54, 1.807) is 42.5 Å². The minimum absolute atomic E-state index is 0.000403. The second kappa shape index (κ2) is 30.0. The van der Waals surface area contributed by atoms with Crippen molar-refractivity contribution in [3.8, 4) is 11.5 Å². The van der Waals surface area contributed by atoms with Gasteiger partial charge in [-0.3, -0.25) is 43.3 Å². The van der Waals surface area contributed by atoms with Crippen LogP contribution in [0.2, 0.25) is 5.04 Å². The third-order valence-electron chi connectivity index (χ3n) is 16.0. The summed E-state index contributed by atoms with van der Waals surface area (Å²) >= 11 is 0. The van der Waals surface area contributed by atoms with Crippen LogP contribution < -0.4 is 19.8 Å². The summed E-state index contributed by atoms with van der Waals surface area (Å²) in [6.45, 7) is 12.7. The predicted octanol–water partition coefficient (Wildman–Crippen LogP) is 5.73. The first-order valence-electron chi connectivity index (χ1n) is 30.4. The van der Waals surface area contributed by atoms with Gasteiger partial charge in [0.1, 0.15) is 48.6 Å². The van der Waals surface area contributed by atoms with Crippen LogP contribution in [0.1, 0.15) is 100 Å². The van der Waals surface area contributed by atoms with E-state index in [0.29, 0.717) is 5.75 Å². The minimum Gasteiger partial charge on any atom is -0.497 e. The summed E-state index contributed by atoms with van der Waals surface area (Å²) in [4.78, 5) is 125. The molecule has 4 aliphatic heterocycles. The Morgan fingerprint density at radius 3 is 1.38 bits per heavy atom. The number of carbonyl (C=O) groups is 9. The molecular formula is C68H75NO24Si. The molecule has 3 saturated heterocycles. The summed E-state index contributed by atoms with van der Waals surface area (Å²) in [5.74, 6) is -7.77. The Morgan fingerprint density at radius 2 is 0.883 bits per heavy atom. The van der Waals surface area contributed by atoms with Gasteiger partial charge in [0.05, 0.1) is 36.5 Å². The second-order valence-electron chi connectivity index (χ2n) is 23.7. The van der Waals surface area contributed by atoms with Crippen molar-refractivity contribution in [2.24, 2.45) is 0 Å². The Morgan fingerprint density at radius 1 is 0.457 bits per heavy atom. The van der Waals surface area contributed by atoms with E-state index in [4.69, 9.17) is 70.7 Å². The fourth-order valence-corrected chi connectivity index (χ4v) is 16.8. The standard InChI is InChI=1S/C68H75NO24Si/c1-37-54(83-39(3)71)58(85-41(5)73)60(86-42(6)74)66(82-37)93-57-53(69-62(76)49-29-21-22-30-50(49)63(69)77)65(88-46-33-31-45(79-11)32-34-46)89-52(36-81-94(68(8,9)10,47-25-17-13-18-26-47)48-27-19-14-20-28-48)55(57)92-67-61(87-43(7)75)59(91-64(78)44-23-15-12-16-24-44)56(84-40(4)72)51(90-67)35-80-38(2)70/h12-34,37,51-61,65-67H,35-36H2,1-11H3/t37-,51+,52+,53+,54+,55+,56-,57+,58+,59-,60-,61+,65+,66-,67-/m0/s1. The number of hydrogen-bond acceptors (Lipinski definition) is 24. The maximum Gasteiger partial charge on any atom is 0.338 e. The van der Waals surface area contributed by atoms with Gasteiger partial charge in [-0.15, -0.1) is 0 Å². The molecule has 3 fully saturated rings. The molecule has 0 unspecified atom stereocenters. The number of nitrogens with zero attached hydrogens (tertiary/aromatic N) is 1. The first-order valence-corrected chi connectivity index (χ1v) is 32.3. The van der Waals surface area contributed by atoms with Crippen molar-refractivity contribution in [1.82, 2.24) is 4.90 Å². The van der Waals surface area contributed by atoms with E-state index in [2.05, 4.69) is 0 Å². The Labute approximate surface area is 543 Å². The minimum atomic E-state index is -3.71. The molecule has 25 nitrogen and oxygen atoms in total. The zero-order chi connectivity index (χ0) is 67.8. The highest BCUT2D eigenvalue weighted by atomic mass is 28.4. The fraction of sp³-hybridized carbons (Fsp3) is 0.426. The van der Waals surface area contributed by atoms with E-state index in [1.165, 1.54) is 50.4 Å². The third-order valence-corrected chi connectivity index (χ3v) is 21.1. The van der Waals surface area contributed by atoms with Crippen LogP contribution in [-0.2, 0) is 90.0 Å². The molecule has 2 amide bonds. The van der Waals surface area contributed by atoms with Crippen LogP contribution in [0.4, 0.5) is 0 Å². The lowest BCUT2D eigenvalue weighted by Gasteiger charge is -2.53. The van der Waals surface area contributed by atoms with Crippen LogP contribution in [0.25, 0.3) is 0 Å². The normalized spacial score (nSPS) is 26.8. The number of carbonyl (C=O) groups excluding carboxylic acids is 9. The van der Waals surface area contributed by atoms with Crippen molar-refractivity contribution in [2.75, 3.05) is 20.3 Å². The van der Waals surface area contributed by atoms with Crippen molar-refractivity contribution in [3.05, 3.63) is 156 Å². The Balaban J connectivity index is 1.33. The van der Waals surface area contributed by atoms with Gasteiger partial charge >= 0.3 is 41.8 Å². The summed E-state index contributed by atoms with van der Waals surface area (Å²) in [5.41, 5.74) is -0.108. The van der Waals surface area contributed by atoms with Gasteiger partial charge < -0.3 is 70.7 Å². The average molecular weight is 1320 g/mol. The van der Waals surface area contributed by atoms with Gasteiger partial charge in [-0.2, -0.15) is 0 Å². The molecule has 4 heterocycles. The van der Waals surface area contributed by atoms with Crippen LogP contribution in [0, 0.1) is 0 Å². The monoisotopic (exact) mass is 1320 g/mol. The average Bonchev–Trinajstić information content (AvgIpc) is 1.26. The summed E-state index contributed by atoms with van der Waals surface area (Å²) in [6.07, 6.45) is -24.9. The first-order chi connectivity index (χ1) is 44.8. The number of benzene rings is 5. The molecule has 15 atom stereocenters. The molecule has 0 bridgehead atoms. The van der Waals surface area contributed by atoms with E-state index in [0.717, 1.165) is 56.8 Å². The number of hydrogen-bond donors (Lipinski definition) is 0. The molecule has 0 N–H and O–H groups in total. The van der Waals surface area contributed by atoms with E-state index < -0.39 is 172 Å². The van der Waals surface area contributed by atoms with E-state index >= 15 is 9.59 Å². The van der Waals surface area contributed by atoms with Crippen LogP contribution in [0.5, 0.6) is 11.5 Å². The second-order valence-corrected chi connectivity index (χ2v) is 28.0. The largest absolute Gasteiger partial charge is 0.497 e. The molecule has 0 radical (unpaired) electrons. The lowest BCUT2D eigenvalue weighted by molar-refractivity contribution is -0.372. The van der Waals surface area contributed by atoms with Gasteiger partial charge in [0.15, 0.2) is 49.2 Å². The molecule has 0 aliphatic carbocycles. The Bertz CT molecular complexity index is 3460. The van der Waals surface area contributed by atoms with E-state index in [9.17, 15) is 33.6 Å². The highest BCUT2D eigenvalue weighted by Gasteiger charge is 2.63. The molecule has 500 valence electrons. The number of methoxy groups -OCH3 is 1. The number of rotatable bonds is 22. The van der Waals surface area contributed by atoms with Crippen LogP contribution >= 0.6 is 0 Å². The predicted molar refractivity (Wildman–Crippen MR) is 329 cm³/mol. The molecule has 4 aliphatic rings. The highest BCUT2D eigenvalue weighted by molar-refractivity contribution is 6.99. The number of fused-ring (bicyclic) bond motifs is 1. The number of amides is 2. The maximum atomic E-state index is 15.4. The zero-order valence-electron chi connectivity index (χ0n) is 53.6. The lowest BCUT2D eigenvalue weighted by atomic mass is 9.93. The maximum absolute atomic E-state index is 15.4. The van der Waals surface area contributed by atoms with Crippen LogP contribution in [0.15, 0.2) is 140 Å². The summed E-state index contributed by atoms with van der Waals surface area (Å²) in [7, 11) is -2.25. The summed E-state index contributed by atoms with van der Waals surface area (Å²) < 4.78 is 96.4. The first kappa shape index (κ1) is 69.4. The number of ether oxygens (including phenoxy) is 14. The molecule has 26 heteroatoms. The van der Waals surface area contributed by atoms with Crippen molar-refractivity contribution in [1.29, 1.82) is 0 Å². The Kier molecular flexibility index (Phi) is 22.2. The van der Waals surface area contributed by atoms with Gasteiger partial charge in [0, 0.05) is 41.5 Å². The zero-order valence-corrected chi connectivity index (χ0v) is 54.6. The topological polar surface area (TPSA) is 295 Å². The quantitative estimate of drug-likeness (QED) is 0.0346. The Hall–Kier alpha value is -8.89. The molecule has 5 aromatic carbocycles. The van der Waals surface area contributed by atoms with Crippen molar-refractivity contribution < 1.29 is 114 Å². The van der Waals surface area contributed by atoms with Crippen molar-refractivity contribution in [2.45, 2.75) is 166 Å². The van der Waals surface area contributed by atoms with Gasteiger partial charge in [-0.1, -0.05) is 112 Å². The smallest absolute Gasteiger partial charge is 0.338 e. The van der Waals surface area contributed by atoms with Crippen molar-refractivity contribution >= 4 is 72.3 Å². The molecule has 0 saturated carbocycles. The number of esters is 7. The summed E-state index contributed by atoms with van der Waals surface area (Å²) in [5, 5.41) is 0.871. The molecule has 94 heavy (non-hydrogen) atoms. The van der Waals surface area contributed by atoms with Gasteiger partial charge in [-0.25, -0.2) is 4.79 Å². The van der Waals surface area contributed by atoms with Gasteiger partial charge in [0.25, 0.3) is 20.1 Å². The SMILES string of the molecule is COc1ccc(O[C@@H]2O[C@H](CO[Si](c3ccccc3)(c3ccccc3)C(C)(C)C)[C@@H](O[C@@H]3O[C@H](COC(C)=O)[C@H](OC(C)=O)[C@H](OC(=O)c4ccccc4)[C@H]3OC(C)=O)[C@H](O[C@@H]3O[C@@H](C)[C@@H](OC(C)=O)[C@@H](OC(C)=O)[C@@H]3OC(C)=O)[C@H]2N2C(=O)c3ccccc3C2=O)cc1. The summed E-state index contributed by atoms with van der Waals surface area (Å²) in [6, 6.07) is 37.0. The van der Waals surface area contributed by atoms with E-state index in [1.807, 2.05) is 81.4 Å². The molecule has 9 rings (SSSR count). The molecule has 0 aromatic heterocycles. The highest BCUT2D eigenvalue weighted by Crippen LogP contribution is 2.43. The third kappa shape index (κ3) is 15.5.